The Morgan fingerprint density at radius 1 is 1.22 bits per heavy atom. The first kappa shape index (κ1) is 17.0. The molecular weight excluding hydrogens is 314 g/mol. The maximum absolute atomic E-state index is 12.2. The van der Waals surface area contributed by atoms with Crippen molar-refractivity contribution in [2.75, 3.05) is 10.6 Å². The number of aromatic nitrogens is 3. The lowest BCUT2D eigenvalue weighted by atomic mass is 10.2. The molecule has 7 nitrogen and oxygen atoms in total. The molecule has 2 amide bonds. The van der Waals surface area contributed by atoms with E-state index in [1.165, 1.54) is 18.7 Å². The van der Waals surface area contributed by atoms with E-state index in [1.807, 2.05) is 18.4 Å². The van der Waals surface area contributed by atoms with Crippen LogP contribution in [0.15, 0.2) is 35.7 Å². The Labute approximate surface area is 138 Å². The van der Waals surface area contributed by atoms with E-state index in [0.717, 1.165) is 11.7 Å². The molecule has 0 saturated carbocycles. The fraction of sp³-hybridized carbons (Fsp3) is 0.333. The van der Waals surface area contributed by atoms with Crippen LogP contribution in [0.1, 0.15) is 20.8 Å². The van der Waals surface area contributed by atoms with Crippen LogP contribution in [0.3, 0.4) is 0 Å². The molecule has 1 atom stereocenters. The summed E-state index contributed by atoms with van der Waals surface area (Å²) in [5.74, 6) is -0.250. The van der Waals surface area contributed by atoms with Gasteiger partial charge in [0, 0.05) is 24.8 Å². The third kappa shape index (κ3) is 4.82. The van der Waals surface area contributed by atoms with Gasteiger partial charge in [0.2, 0.25) is 11.8 Å². The molecule has 1 aromatic carbocycles. The lowest BCUT2D eigenvalue weighted by Gasteiger charge is -2.12. The zero-order valence-corrected chi connectivity index (χ0v) is 14.1. The van der Waals surface area contributed by atoms with Crippen LogP contribution in [-0.2, 0) is 16.1 Å². The molecule has 1 heterocycles. The zero-order valence-electron chi connectivity index (χ0n) is 13.2. The number of thioether (sulfide) groups is 1. The van der Waals surface area contributed by atoms with Crippen LogP contribution in [0.5, 0.6) is 0 Å². The number of rotatable bonds is 6. The molecule has 0 bridgehead atoms. The van der Waals surface area contributed by atoms with Gasteiger partial charge in [-0.25, -0.2) is 0 Å². The number of carbonyl (C=O) groups is 2. The fourth-order valence-electron chi connectivity index (χ4n) is 1.85. The summed E-state index contributed by atoms with van der Waals surface area (Å²) < 4.78 is 1.89. The summed E-state index contributed by atoms with van der Waals surface area (Å²) in [6.45, 7) is 6.02. The molecule has 0 fully saturated rings. The molecule has 0 aliphatic rings. The van der Waals surface area contributed by atoms with Crippen molar-refractivity contribution in [1.82, 2.24) is 14.8 Å². The summed E-state index contributed by atoms with van der Waals surface area (Å²) in [6, 6.07) is 6.97. The summed E-state index contributed by atoms with van der Waals surface area (Å²) >= 11 is 1.36. The number of anilines is 2. The van der Waals surface area contributed by atoms with Crippen LogP contribution >= 0.6 is 11.8 Å². The van der Waals surface area contributed by atoms with Crippen molar-refractivity contribution in [2.24, 2.45) is 0 Å². The van der Waals surface area contributed by atoms with E-state index in [2.05, 4.69) is 20.8 Å². The van der Waals surface area contributed by atoms with Gasteiger partial charge in [0.15, 0.2) is 5.16 Å². The molecule has 0 aliphatic carbocycles. The highest BCUT2D eigenvalue weighted by molar-refractivity contribution is 8.00. The standard InChI is InChI=1S/C15H19N5O2S/c1-4-20-9-16-19-15(20)23-10(2)14(22)18-13-7-5-12(6-8-13)17-11(3)21/h5-10H,4H2,1-3H3,(H,17,21)(H,18,22)/t10-/m0/s1. The molecule has 0 aliphatic heterocycles. The molecule has 0 radical (unpaired) electrons. The quantitative estimate of drug-likeness (QED) is 0.792. The van der Waals surface area contributed by atoms with E-state index in [9.17, 15) is 9.59 Å². The number of amides is 2. The molecule has 8 heteroatoms. The van der Waals surface area contributed by atoms with Crippen molar-refractivity contribution >= 4 is 35.0 Å². The fourth-order valence-corrected chi connectivity index (χ4v) is 2.74. The third-order valence-corrected chi connectivity index (χ3v) is 4.14. The molecule has 2 rings (SSSR count). The summed E-state index contributed by atoms with van der Waals surface area (Å²) in [4.78, 5) is 23.2. The molecule has 23 heavy (non-hydrogen) atoms. The minimum absolute atomic E-state index is 0.118. The molecule has 0 saturated heterocycles. The van der Waals surface area contributed by atoms with Crippen LogP contribution in [0.25, 0.3) is 0 Å². The van der Waals surface area contributed by atoms with Crippen molar-refractivity contribution in [3.8, 4) is 0 Å². The predicted octanol–water partition coefficient (Wildman–Crippen LogP) is 2.38. The summed E-state index contributed by atoms with van der Waals surface area (Å²) in [6.07, 6.45) is 1.65. The normalized spacial score (nSPS) is 11.8. The Morgan fingerprint density at radius 2 is 1.83 bits per heavy atom. The monoisotopic (exact) mass is 333 g/mol. The Kier molecular flexibility index (Phi) is 5.75. The highest BCUT2D eigenvalue weighted by Gasteiger charge is 2.17. The topological polar surface area (TPSA) is 88.9 Å². The average Bonchev–Trinajstić information content (AvgIpc) is 2.95. The number of hydrogen-bond donors (Lipinski definition) is 2. The molecule has 0 spiro atoms. The second-order valence-corrected chi connectivity index (χ2v) is 6.22. The SMILES string of the molecule is CCn1cnnc1S[C@@H](C)C(=O)Nc1ccc(NC(C)=O)cc1. The molecule has 0 unspecified atom stereocenters. The Hall–Kier alpha value is -2.35. The predicted molar refractivity (Wildman–Crippen MR) is 90.4 cm³/mol. The van der Waals surface area contributed by atoms with Crippen LogP contribution in [0.2, 0.25) is 0 Å². The number of aryl methyl sites for hydroxylation is 1. The molecule has 122 valence electrons. The van der Waals surface area contributed by atoms with Gasteiger partial charge in [0.05, 0.1) is 5.25 Å². The van der Waals surface area contributed by atoms with Gasteiger partial charge in [-0.05, 0) is 38.1 Å². The number of hydrogen-bond acceptors (Lipinski definition) is 5. The van der Waals surface area contributed by atoms with Gasteiger partial charge in [-0.3, -0.25) is 9.59 Å². The zero-order chi connectivity index (χ0) is 16.8. The van der Waals surface area contributed by atoms with Crippen molar-refractivity contribution in [3.63, 3.8) is 0 Å². The third-order valence-electron chi connectivity index (χ3n) is 3.04. The lowest BCUT2D eigenvalue weighted by molar-refractivity contribution is -0.115. The maximum Gasteiger partial charge on any atom is 0.237 e. The molecular formula is C15H19N5O2S. The van der Waals surface area contributed by atoms with Gasteiger partial charge >= 0.3 is 0 Å². The summed E-state index contributed by atoms with van der Waals surface area (Å²) in [7, 11) is 0. The number of carbonyl (C=O) groups excluding carboxylic acids is 2. The summed E-state index contributed by atoms with van der Waals surface area (Å²) in [5, 5.41) is 13.8. The van der Waals surface area contributed by atoms with Crippen LogP contribution < -0.4 is 10.6 Å². The Bertz CT molecular complexity index is 683. The summed E-state index contributed by atoms with van der Waals surface area (Å²) in [5.41, 5.74) is 1.36. The smallest absolute Gasteiger partial charge is 0.237 e. The van der Waals surface area contributed by atoms with Crippen LogP contribution in [0, 0.1) is 0 Å². The number of nitrogens with zero attached hydrogens (tertiary/aromatic N) is 3. The lowest BCUT2D eigenvalue weighted by Crippen LogP contribution is -2.22. The van der Waals surface area contributed by atoms with Gasteiger partial charge in [-0.1, -0.05) is 11.8 Å². The maximum atomic E-state index is 12.2. The highest BCUT2D eigenvalue weighted by atomic mass is 32.2. The van der Waals surface area contributed by atoms with E-state index >= 15 is 0 Å². The molecule has 2 N–H and O–H groups in total. The largest absolute Gasteiger partial charge is 0.326 e. The highest BCUT2D eigenvalue weighted by Crippen LogP contribution is 2.22. The van der Waals surface area contributed by atoms with Crippen LogP contribution in [0.4, 0.5) is 11.4 Å². The average molecular weight is 333 g/mol. The molecule has 1 aromatic heterocycles. The number of benzene rings is 1. The van der Waals surface area contributed by atoms with Crippen molar-refractivity contribution in [2.45, 2.75) is 37.7 Å². The number of nitrogens with one attached hydrogen (secondary N) is 2. The van der Waals surface area contributed by atoms with Gasteiger partial charge in [-0.15, -0.1) is 10.2 Å². The van der Waals surface area contributed by atoms with Gasteiger partial charge in [0.1, 0.15) is 6.33 Å². The first-order valence-electron chi connectivity index (χ1n) is 7.22. The van der Waals surface area contributed by atoms with Crippen molar-refractivity contribution in [3.05, 3.63) is 30.6 Å². The second-order valence-electron chi connectivity index (χ2n) is 4.91. The van der Waals surface area contributed by atoms with Crippen molar-refractivity contribution in [1.29, 1.82) is 0 Å². The Balaban J connectivity index is 1.94. The van der Waals surface area contributed by atoms with Gasteiger partial charge < -0.3 is 15.2 Å². The van der Waals surface area contributed by atoms with E-state index in [0.29, 0.717) is 11.4 Å². The second kappa shape index (κ2) is 7.77. The minimum atomic E-state index is -0.306. The first-order chi connectivity index (χ1) is 11.0. The first-order valence-corrected chi connectivity index (χ1v) is 8.10. The van der Waals surface area contributed by atoms with Gasteiger partial charge in [0.25, 0.3) is 0 Å². The minimum Gasteiger partial charge on any atom is -0.326 e. The van der Waals surface area contributed by atoms with E-state index < -0.39 is 0 Å². The Morgan fingerprint density at radius 3 is 2.39 bits per heavy atom. The van der Waals surface area contributed by atoms with E-state index in [-0.39, 0.29) is 17.1 Å². The van der Waals surface area contributed by atoms with E-state index in [4.69, 9.17) is 0 Å². The van der Waals surface area contributed by atoms with E-state index in [1.54, 1.807) is 30.6 Å². The van der Waals surface area contributed by atoms with Gasteiger partial charge in [-0.2, -0.15) is 0 Å². The molecule has 2 aromatic rings. The van der Waals surface area contributed by atoms with Crippen LogP contribution in [-0.4, -0.2) is 31.8 Å². The van der Waals surface area contributed by atoms with Crippen molar-refractivity contribution < 1.29 is 9.59 Å².